The Morgan fingerprint density at radius 2 is 2.04 bits per heavy atom. The minimum absolute atomic E-state index is 0.209. The van der Waals surface area contributed by atoms with E-state index in [4.69, 9.17) is 0 Å². The van der Waals surface area contributed by atoms with E-state index in [1.54, 1.807) is 11.3 Å². The van der Waals surface area contributed by atoms with Gasteiger partial charge in [0.2, 0.25) is 5.91 Å². The monoisotopic (exact) mass is 335 g/mol. The number of hydrogen-bond acceptors (Lipinski definition) is 4. The van der Waals surface area contributed by atoms with Gasteiger partial charge in [-0.15, -0.1) is 11.3 Å². The van der Waals surface area contributed by atoms with E-state index in [2.05, 4.69) is 34.4 Å². The fourth-order valence-corrected chi connectivity index (χ4v) is 4.38. The summed E-state index contributed by atoms with van der Waals surface area (Å²) >= 11 is 1.75. The highest BCUT2D eigenvalue weighted by Gasteiger charge is 2.35. The summed E-state index contributed by atoms with van der Waals surface area (Å²) in [6.45, 7) is 6.09. The molecule has 1 saturated carbocycles. The molecule has 3 rings (SSSR count). The molecule has 4 nitrogen and oxygen atoms in total. The molecular weight excluding hydrogens is 306 g/mol. The Morgan fingerprint density at radius 3 is 2.61 bits per heavy atom. The molecule has 1 aliphatic carbocycles. The second kappa shape index (κ2) is 7.75. The van der Waals surface area contributed by atoms with E-state index in [0.29, 0.717) is 24.3 Å². The van der Waals surface area contributed by atoms with E-state index >= 15 is 0 Å². The molecule has 0 spiro atoms. The zero-order chi connectivity index (χ0) is 16.2. The van der Waals surface area contributed by atoms with Crippen molar-refractivity contribution in [2.24, 2.45) is 5.92 Å². The third-order valence-corrected chi connectivity index (χ3v) is 5.95. The van der Waals surface area contributed by atoms with Gasteiger partial charge in [0.05, 0.1) is 6.04 Å². The van der Waals surface area contributed by atoms with Crippen molar-refractivity contribution in [2.75, 3.05) is 13.1 Å². The van der Waals surface area contributed by atoms with Crippen LogP contribution in [0.2, 0.25) is 0 Å². The van der Waals surface area contributed by atoms with Gasteiger partial charge in [-0.3, -0.25) is 4.79 Å². The molecule has 2 fully saturated rings. The molecule has 5 heteroatoms. The number of amides is 1. The summed E-state index contributed by atoms with van der Waals surface area (Å²) in [6.07, 6.45) is 8.03. The SMILES string of the molecule is Cc1csc([C@H](N[C@H](C)CC(=O)N2CCCCCC2)C2CC2)n1. The highest BCUT2D eigenvalue weighted by Crippen LogP contribution is 2.42. The predicted octanol–water partition coefficient (Wildman–Crippen LogP) is 3.67. The zero-order valence-electron chi connectivity index (χ0n) is 14.4. The third kappa shape index (κ3) is 4.77. The minimum atomic E-state index is 0.209. The van der Waals surface area contributed by atoms with Crippen LogP contribution in [0, 0.1) is 12.8 Å². The van der Waals surface area contributed by atoms with Gasteiger partial charge >= 0.3 is 0 Å². The number of carbonyl (C=O) groups excluding carboxylic acids is 1. The molecule has 0 bridgehead atoms. The summed E-state index contributed by atoms with van der Waals surface area (Å²) in [5.41, 5.74) is 1.10. The molecule has 2 atom stereocenters. The lowest BCUT2D eigenvalue weighted by molar-refractivity contribution is -0.131. The maximum absolute atomic E-state index is 12.5. The maximum Gasteiger partial charge on any atom is 0.224 e. The van der Waals surface area contributed by atoms with Crippen LogP contribution in [0.1, 0.15) is 68.6 Å². The molecule has 128 valence electrons. The van der Waals surface area contributed by atoms with Crippen molar-refractivity contribution in [2.45, 2.75) is 70.9 Å². The van der Waals surface area contributed by atoms with E-state index in [0.717, 1.165) is 31.6 Å². The van der Waals surface area contributed by atoms with Crippen molar-refractivity contribution in [3.63, 3.8) is 0 Å². The average molecular weight is 336 g/mol. The van der Waals surface area contributed by atoms with Crippen LogP contribution in [0.5, 0.6) is 0 Å². The maximum atomic E-state index is 12.5. The standard InChI is InChI=1S/C18H29N3OS/c1-13(11-16(22)21-9-5-3-4-6-10-21)19-17(15-7-8-15)18-20-14(2)12-23-18/h12-13,15,17,19H,3-11H2,1-2H3/t13-,17-/m1/s1. The minimum Gasteiger partial charge on any atom is -0.343 e. The normalized spacial score (nSPS) is 21.7. The van der Waals surface area contributed by atoms with Crippen LogP contribution in [0.4, 0.5) is 0 Å². The first-order chi connectivity index (χ1) is 11.1. The lowest BCUT2D eigenvalue weighted by atomic mass is 10.1. The van der Waals surface area contributed by atoms with Gasteiger partial charge in [-0.1, -0.05) is 12.8 Å². The van der Waals surface area contributed by atoms with Gasteiger partial charge in [-0.2, -0.15) is 0 Å². The first-order valence-electron chi connectivity index (χ1n) is 9.09. The van der Waals surface area contributed by atoms with Crippen molar-refractivity contribution < 1.29 is 4.79 Å². The Morgan fingerprint density at radius 1 is 1.35 bits per heavy atom. The molecule has 0 radical (unpaired) electrons. The second-order valence-corrected chi connectivity index (χ2v) is 8.10. The molecule has 23 heavy (non-hydrogen) atoms. The van der Waals surface area contributed by atoms with Crippen LogP contribution < -0.4 is 5.32 Å². The quantitative estimate of drug-likeness (QED) is 0.862. The van der Waals surface area contributed by atoms with Crippen LogP contribution in [-0.2, 0) is 4.79 Å². The molecule has 0 aromatic carbocycles. The van der Waals surface area contributed by atoms with Crippen molar-refractivity contribution in [1.82, 2.24) is 15.2 Å². The number of hydrogen-bond donors (Lipinski definition) is 1. The van der Waals surface area contributed by atoms with Gasteiger partial charge < -0.3 is 10.2 Å². The summed E-state index contributed by atoms with van der Waals surface area (Å²) in [6, 6.07) is 0.543. The Hall–Kier alpha value is -0.940. The van der Waals surface area contributed by atoms with Crippen LogP contribution in [0.3, 0.4) is 0 Å². The number of aryl methyl sites for hydroxylation is 1. The Kier molecular flexibility index (Phi) is 5.70. The molecule has 1 aromatic heterocycles. The Labute approximate surface area is 143 Å². The molecule has 0 unspecified atom stereocenters. The number of likely N-dealkylation sites (tertiary alicyclic amines) is 1. The second-order valence-electron chi connectivity index (χ2n) is 7.21. The van der Waals surface area contributed by atoms with Crippen molar-refractivity contribution in [3.8, 4) is 0 Å². The number of carbonyl (C=O) groups is 1. The van der Waals surface area contributed by atoms with Crippen LogP contribution in [-0.4, -0.2) is 34.9 Å². The first-order valence-corrected chi connectivity index (χ1v) is 9.97. The largest absolute Gasteiger partial charge is 0.343 e. The fraction of sp³-hybridized carbons (Fsp3) is 0.778. The Bertz CT molecular complexity index is 518. The van der Waals surface area contributed by atoms with E-state index in [9.17, 15) is 4.79 Å². The van der Waals surface area contributed by atoms with Gasteiger partial charge in [0.1, 0.15) is 5.01 Å². The summed E-state index contributed by atoms with van der Waals surface area (Å²) in [4.78, 5) is 19.3. The molecule has 2 heterocycles. The molecule has 1 N–H and O–H groups in total. The smallest absolute Gasteiger partial charge is 0.224 e. The number of nitrogens with one attached hydrogen (secondary N) is 1. The van der Waals surface area contributed by atoms with Crippen molar-refractivity contribution in [3.05, 3.63) is 16.1 Å². The summed E-state index contributed by atoms with van der Waals surface area (Å²) < 4.78 is 0. The Balaban J connectivity index is 1.54. The van der Waals surface area contributed by atoms with Gasteiger partial charge in [-0.05, 0) is 45.4 Å². The number of thiazole rings is 1. The molecule has 1 aromatic rings. The van der Waals surface area contributed by atoms with Gasteiger partial charge in [-0.25, -0.2) is 4.98 Å². The predicted molar refractivity (Wildman–Crippen MR) is 94.6 cm³/mol. The topological polar surface area (TPSA) is 45.2 Å². The summed E-state index contributed by atoms with van der Waals surface area (Å²) in [5, 5.41) is 7.01. The highest BCUT2D eigenvalue weighted by molar-refractivity contribution is 7.09. The molecule has 1 amide bonds. The van der Waals surface area contributed by atoms with Gasteiger partial charge in [0.15, 0.2) is 0 Å². The first kappa shape index (κ1) is 16.9. The molecule has 2 aliphatic rings. The van der Waals surface area contributed by atoms with Gasteiger partial charge in [0.25, 0.3) is 0 Å². The number of rotatable bonds is 6. The van der Waals surface area contributed by atoms with Gasteiger partial charge in [0, 0.05) is 36.6 Å². The zero-order valence-corrected chi connectivity index (χ0v) is 15.2. The van der Waals surface area contributed by atoms with Crippen LogP contribution in [0.25, 0.3) is 0 Å². The lowest BCUT2D eigenvalue weighted by Crippen LogP contribution is -2.39. The van der Waals surface area contributed by atoms with Crippen LogP contribution >= 0.6 is 11.3 Å². The van der Waals surface area contributed by atoms with E-state index in [1.807, 2.05) is 0 Å². The summed E-state index contributed by atoms with van der Waals surface area (Å²) in [7, 11) is 0. The molecular formula is C18H29N3OS. The lowest BCUT2D eigenvalue weighted by Gasteiger charge is -2.25. The van der Waals surface area contributed by atoms with E-state index in [1.165, 1.54) is 30.7 Å². The third-order valence-electron chi connectivity index (χ3n) is 4.90. The number of aromatic nitrogens is 1. The van der Waals surface area contributed by atoms with Crippen molar-refractivity contribution >= 4 is 17.2 Å². The highest BCUT2D eigenvalue weighted by atomic mass is 32.1. The summed E-state index contributed by atoms with van der Waals surface area (Å²) in [5.74, 6) is 1.02. The van der Waals surface area contributed by atoms with Crippen molar-refractivity contribution in [1.29, 1.82) is 0 Å². The molecule has 1 saturated heterocycles. The fourth-order valence-electron chi connectivity index (χ4n) is 3.43. The van der Waals surface area contributed by atoms with E-state index in [-0.39, 0.29) is 6.04 Å². The number of nitrogens with zero attached hydrogens (tertiary/aromatic N) is 2. The van der Waals surface area contributed by atoms with Crippen LogP contribution in [0.15, 0.2) is 5.38 Å². The average Bonchev–Trinajstić information content (AvgIpc) is 3.31. The molecule has 1 aliphatic heterocycles. The van der Waals surface area contributed by atoms with E-state index < -0.39 is 0 Å².